The Bertz CT molecular complexity index is 1480. The van der Waals surface area contributed by atoms with E-state index < -0.39 is 0 Å². The highest BCUT2D eigenvalue weighted by Gasteiger charge is 2.12. The van der Waals surface area contributed by atoms with Crippen molar-refractivity contribution in [1.82, 2.24) is 30.5 Å². The van der Waals surface area contributed by atoms with Crippen molar-refractivity contribution in [3.63, 3.8) is 0 Å². The van der Waals surface area contributed by atoms with Gasteiger partial charge in [-0.2, -0.15) is 5.10 Å². The predicted octanol–water partition coefficient (Wildman–Crippen LogP) is 4.73. The molecule has 9 nitrogen and oxygen atoms in total. The highest BCUT2D eigenvalue weighted by atomic mass is 16.5. The molecule has 0 bridgehead atoms. The van der Waals surface area contributed by atoms with E-state index in [9.17, 15) is 4.79 Å². The molecular formula is C27H25N7O2. The van der Waals surface area contributed by atoms with Gasteiger partial charge >= 0.3 is 0 Å². The summed E-state index contributed by atoms with van der Waals surface area (Å²) < 4.78 is 5.68. The number of benzene rings is 2. The van der Waals surface area contributed by atoms with Crippen LogP contribution in [0.25, 0.3) is 33.5 Å². The Hall–Kier alpha value is -4.79. The third-order valence-corrected chi connectivity index (χ3v) is 5.36. The third kappa shape index (κ3) is 5.30. The van der Waals surface area contributed by atoms with Gasteiger partial charge in [0.25, 0.3) is 5.91 Å². The molecular weight excluding hydrogens is 454 g/mol. The van der Waals surface area contributed by atoms with E-state index in [1.165, 1.54) is 0 Å². The van der Waals surface area contributed by atoms with Crippen LogP contribution in [0.5, 0.6) is 5.75 Å². The number of rotatable bonds is 8. The first kappa shape index (κ1) is 23.0. The molecule has 5 aromatic rings. The molecule has 1 amide bonds. The molecule has 0 atom stereocenters. The van der Waals surface area contributed by atoms with Gasteiger partial charge in [-0.15, -0.1) is 0 Å². The average Bonchev–Trinajstić information content (AvgIpc) is 3.43. The minimum atomic E-state index is -0.174. The zero-order valence-corrected chi connectivity index (χ0v) is 19.9. The summed E-state index contributed by atoms with van der Waals surface area (Å²) in [5.41, 5.74) is 4.28. The lowest BCUT2D eigenvalue weighted by Gasteiger charge is -2.12. The summed E-state index contributed by atoms with van der Waals surface area (Å²) in [5.74, 6) is 1.52. The van der Waals surface area contributed by atoms with Crippen LogP contribution in [0.4, 0.5) is 11.5 Å². The number of aromatic amines is 1. The van der Waals surface area contributed by atoms with Gasteiger partial charge in [-0.3, -0.25) is 9.89 Å². The SMILES string of the molecule is CC(C)NC(=O)COc1cccc(-c2nc(Nc3ccc(-c4cn[nH]c4)cc3)c3cccnc3n2)c1. The number of hydrogen-bond donors (Lipinski definition) is 3. The standard InChI is InChI=1S/C27H25N7O2/c1-17(2)31-24(35)16-36-22-6-3-5-19(13-22)25-33-26-23(7-4-12-28-26)27(34-25)32-21-10-8-18(9-11-21)20-14-29-30-15-20/h3-15,17H,16H2,1-2H3,(H,29,30)(H,31,35)(H,28,32,33,34). The lowest BCUT2D eigenvalue weighted by atomic mass is 10.1. The quantitative estimate of drug-likeness (QED) is 0.294. The lowest BCUT2D eigenvalue weighted by molar-refractivity contribution is -0.123. The fourth-order valence-corrected chi connectivity index (χ4v) is 3.72. The van der Waals surface area contributed by atoms with E-state index in [-0.39, 0.29) is 18.6 Å². The average molecular weight is 480 g/mol. The van der Waals surface area contributed by atoms with E-state index in [0.717, 1.165) is 27.8 Å². The maximum absolute atomic E-state index is 12.0. The summed E-state index contributed by atoms with van der Waals surface area (Å²) >= 11 is 0. The van der Waals surface area contributed by atoms with Gasteiger partial charge in [-0.1, -0.05) is 24.3 Å². The number of carbonyl (C=O) groups excluding carboxylic acids is 1. The molecule has 5 rings (SSSR count). The summed E-state index contributed by atoms with van der Waals surface area (Å²) in [6.07, 6.45) is 5.34. The van der Waals surface area contributed by atoms with Crippen molar-refractivity contribution in [2.45, 2.75) is 19.9 Å². The summed E-state index contributed by atoms with van der Waals surface area (Å²) in [6.45, 7) is 3.75. The molecule has 0 saturated carbocycles. The van der Waals surface area contributed by atoms with E-state index >= 15 is 0 Å². The monoisotopic (exact) mass is 479 g/mol. The molecule has 180 valence electrons. The Morgan fingerprint density at radius 1 is 1.00 bits per heavy atom. The molecule has 0 spiro atoms. The third-order valence-electron chi connectivity index (χ3n) is 5.36. The molecule has 3 heterocycles. The number of aromatic nitrogens is 5. The number of anilines is 2. The maximum Gasteiger partial charge on any atom is 0.258 e. The Balaban J connectivity index is 1.42. The van der Waals surface area contributed by atoms with E-state index in [4.69, 9.17) is 9.72 Å². The summed E-state index contributed by atoms with van der Waals surface area (Å²) in [5, 5.41) is 13.9. The first-order chi connectivity index (χ1) is 17.5. The zero-order chi connectivity index (χ0) is 24.9. The number of ether oxygens (including phenoxy) is 1. The van der Waals surface area contributed by atoms with Crippen LogP contribution < -0.4 is 15.4 Å². The van der Waals surface area contributed by atoms with Gasteiger partial charge in [0.15, 0.2) is 18.1 Å². The number of fused-ring (bicyclic) bond motifs is 1. The normalized spacial score (nSPS) is 11.0. The number of pyridine rings is 1. The minimum absolute atomic E-state index is 0.0544. The highest BCUT2D eigenvalue weighted by Crippen LogP contribution is 2.29. The second-order valence-electron chi connectivity index (χ2n) is 8.50. The zero-order valence-electron chi connectivity index (χ0n) is 19.9. The topological polar surface area (TPSA) is 118 Å². The lowest BCUT2D eigenvalue weighted by Crippen LogP contribution is -2.34. The number of H-pyrrole nitrogens is 1. The van der Waals surface area contributed by atoms with Gasteiger partial charge in [0.05, 0.1) is 11.6 Å². The minimum Gasteiger partial charge on any atom is -0.484 e. The Kier molecular flexibility index (Phi) is 6.53. The van der Waals surface area contributed by atoms with Crippen LogP contribution in [0, 0.1) is 0 Å². The molecule has 0 radical (unpaired) electrons. The molecule has 0 aliphatic heterocycles. The van der Waals surface area contributed by atoms with Crippen LogP contribution in [0.15, 0.2) is 79.3 Å². The first-order valence-electron chi connectivity index (χ1n) is 11.6. The molecule has 9 heteroatoms. The second-order valence-corrected chi connectivity index (χ2v) is 8.50. The second kappa shape index (κ2) is 10.2. The number of carbonyl (C=O) groups is 1. The predicted molar refractivity (Wildman–Crippen MR) is 139 cm³/mol. The van der Waals surface area contributed by atoms with Crippen LogP contribution in [0.3, 0.4) is 0 Å². The van der Waals surface area contributed by atoms with Gasteiger partial charge < -0.3 is 15.4 Å². The van der Waals surface area contributed by atoms with Crippen LogP contribution >= 0.6 is 0 Å². The summed E-state index contributed by atoms with van der Waals surface area (Å²) in [6, 6.07) is 19.2. The van der Waals surface area contributed by atoms with Gasteiger partial charge in [0, 0.05) is 35.2 Å². The van der Waals surface area contributed by atoms with Gasteiger partial charge in [0.1, 0.15) is 11.6 Å². The van der Waals surface area contributed by atoms with Crippen molar-refractivity contribution in [1.29, 1.82) is 0 Å². The van der Waals surface area contributed by atoms with Gasteiger partial charge in [-0.25, -0.2) is 15.0 Å². The fourth-order valence-electron chi connectivity index (χ4n) is 3.72. The largest absolute Gasteiger partial charge is 0.484 e. The van der Waals surface area contributed by atoms with Crippen molar-refractivity contribution >= 4 is 28.4 Å². The first-order valence-corrected chi connectivity index (χ1v) is 11.6. The van der Waals surface area contributed by atoms with Crippen molar-refractivity contribution in [2.75, 3.05) is 11.9 Å². The molecule has 0 fully saturated rings. The van der Waals surface area contributed by atoms with Crippen LogP contribution in [0.2, 0.25) is 0 Å². The van der Waals surface area contributed by atoms with E-state index in [1.54, 1.807) is 18.5 Å². The van der Waals surface area contributed by atoms with Crippen molar-refractivity contribution in [3.8, 4) is 28.3 Å². The highest BCUT2D eigenvalue weighted by molar-refractivity contribution is 5.90. The maximum atomic E-state index is 12.0. The fraction of sp³-hybridized carbons (Fsp3) is 0.148. The summed E-state index contributed by atoms with van der Waals surface area (Å²) in [7, 11) is 0. The van der Waals surface area contributed by atoms with Crippen molar-refractivity contribution in [3.05, 3.63) is 79.3 Å². The molecule has 0 aliphatic carbocycles. The van der Waals surface area contributed by atoms with E-state index in [0.29, 0.717) is 23.0 Å². The molecule has 2 aromatic carbocycles. The smallest absolute Gasteiger partial charge is 0.258 e. The molecule has 0 unspecified atom stereocenters. The van der Waals surface area contributed by atoms with Crippen LogP contribution in [-0.2, 0) is 4.79 Å². The summed E-state index contributed by atoms with van der Waals surface area (Å²) in [4.78, 5) is 25.9. The Morgan fingerprint density at radius 2 is 1.86 bits per heavy atom. The van der Waals surface area contributed by atoms with Crippen molar-refractivity contribution < 1.29 is 9.53 Å². The van der Waals surface area contributed by atoms with Crippen molar-refractivity contribution in [2.24, 2.45) is 0 Å². The van der Waals surface area contributed by atoms with Crippen LogP contribution in [0.1, 0.15) is 13.8 Å². The number of nitrogens with one attached hydrogen (secondary N) is 3. The molecule has 36 heavy (non-hydrogen) atoms. The number of hydrogen-bond acceptors (Lipinski definition) is 7. The Labute approximate surface area is 208 Å². The molecule has 0 aliphatic rings. The van der Waals surface area contributed by atoms with Crippen LogP contribution in [-0.4, -0.2) is 43.7 Å². The number of amides is 1. The number of nitrogens with zero attached hydrogens (tertiary/aromatic N) is 4. The van der Waals surface area contributed by atoms with E-state index in [2.05, 4.69) is 30.8 Å². The van der Waals surface area contributed by atoms with E-state index in [1.807, 2.05) is 74.6 Å². The molecule has 3 aromatic heterocycles. The molecule has 3 N–H and O–H groups in total. The Morgan fingerprint density at radius 3 is 2.64 bits per heavy atom. The van der Waals surface area contributed by atoms with Gasteiger partial charge in [-0.05, 0) is 55.8 Å². The van der Waals surface area contributed by atoms with Gasteiger partial charge in [0.2, 0.25) is 0 Å². The molecule has 0 saturated heterocycles.